The predicted octanol–water partition coefficient (Wildman–Crippen LogP) is 6.31. The van der Waals surface area contributed by atoms with Crippen LogP contribution in [0.1, 0.15) is 41.3 Å². The van der Waals surface area contributed by atoms with Gasteiger partial charge in [-0.25, -0.2) is 4.79 Å². The monoisotopic (exact) mass is 484 g/mol. The molecule has 0 aliphatic heterocycles. The van der Waals surface area contributed by atoms with Gasteiger partial charge in [0.1, 0.15) is 25.1 Å². The summed E-state index contributed by atoms with van der Waals surface area (Å²) in [7, 11) is 0. The Balaban J connectivity index is 1.58. The third-order valence-electron chi connectivity index (χ3n) is 5.02. The molecule has 5 nitrogen and oxygen atoms in total. The van der Waals surface area contributed by atoms with Crippen molar-refractivity contribution in [3.63, 3.8) is 0 Å². The summed E-state index contributed by atoms with van der Waals surface area (Å²) in [5, 5.41) is 0. The highest BCUT2D eigenvalue weighted by molar-refractivity contribution is 6.67. The summed E-state index contributed by atoms with van der Waals surface area (Å²) in [6.45, 7) is 1.74. The van der Waals surface area contributed by atoms with Crippen LogP contribution in [0.3, 0.4) is 0 Å². The van der Waals surface area contributed by atoms with E-state index in [4.69, 9.17) is 49.0 Å². The van der Waals surface area contributed by atoms with Crippen molar-refractivity contribution in [2.75, 3.05) is 6.61 Å². The first kappa shape index (κ1) is 23.7. The molecule has 166 valence electrons. The van der Waals surface area contributed by atoms with Crippen molar-refractivity contribution >= 4 is 46.7 Å². The van der Waals surface area contributed by atoms with Gasteiger partial charge >= 0.3 is 6.16 Å². The van der Waals surface area contributed by atoms with Gasteiger partial charge < -0.3 is 14.2 Å². The first-order valence-electron chi connectivity index (χ1n) is 9.96. The van der Waals surface area contributed by atoms with E-state index in [1.165, 1.54) is 0 Å². The molecule has 1 aliphatic carbocycles. The number of hydrogen-bond acceptors (Lipinski definition) is 5. The fourth-order valence-electron chi connectivity index (χ4n) is 3.61. The van der Waals surface area contributed by atoms with Gasteiger partial charge in [0.15, 0.2) is 5.78 Å². The Hall–Kier alpha value is -1.95. The molecule has 0 amide bonds. The summed E-state index contributed by atoms with van der Waals surface area (Å²) in [6, 6.07) is 15.4. The molecule has 0 saturated carbocycles. The molecule has 2 atom stereocenters. The van der Waals surface area contributed by atoms with Gasteiger partial charge in [-0.3, -0.25) is 4.79 Å². The number of hydrogen-bond donors (Lipinski definition) is 0. The first-order valence-corrected chi connectivity index (χ1v) is 11.1. The SMILES string of the molecule is C[C@H](CC1CCc2c(OCc3ccccc3)cccc2C1=O)OC(=O)OCC(Cl)(Cl)Cl. The van der Waals surface area contributed by atoms with Crippen molar-refractivity contribution in [1.29, 1.82) is 0 Å². The smallest absolute Gasteiger partial charge is 0.489 e. The molecular formula is C23H23Cl3O5. The highest BCUT2D eigenvalue weighted by Gasteiger charge is 2.31. The number of carbonyl (C=O) groups is 2. The number of carbonyl (C=O) groups excluding carboxylic acids is 2. The summed E-state index contributed by atoms with van der Waals surface area (Å²) in [4.78, 5) is 24.8. The number of rotatable bonds is 7. The Bertz CT molecular complexity index is 911. The van der Waals surface area contributed by atoms with Crippen molar-refractivity contribution in [3.05, 3.63) is 65.2 Å². The lowest BCUT2D eigenvalue weighted by Gasteiger charge is -2.27. The van der Waals surface area contributed by atoms with Gasteiger partial charge in [-0.05, 0) is 37.8 Å². The van der Waals surface area contributed by atoms with Gasteiger partial charge in [-0.2, -0.15) is 0 Å². The lowest BCUT2D eigenvalue weighted by molar-refractivity contribution is 0.0216. The van der Waals surface area contributed by atoms with Gasteiger partial charge in [0.2, 0.25) is 3.79 Å². The number of Topliss-reactive ketones (excluding diaryl/α,β-unsaturated/α-hetero) is 1. The van der Waals surface area contributed by atoms with Crippen molar-refractivity contribution < 1.29 is 23.8 Å². The van der Waals surface area contributed by atoms with E-state index in [1.54, 1.807) is 6.92 Å². The Morgan fingerprint density at radius 3 is 2.58 bits per heavy atom. The third kappa shape index (κ3) is 7.03. The van der Waals surface area contributed by atoms with E-state index in [0.29, 0.717) is 31.4 Å². The highest BCUT2D eigenvalue weighted by atomic mass is 35.6. The minimum atomic E-state index is -1.70. The van der Waals surface area contributed by atoms with Crippen LogP contribution < -0.4 is 4.74 Å². The molecule has 0 aromatic heterocycles. The van der Waals surface area contributed by atoms with Crippen LogP contribution in [0.5, 0.6) is 5.75 Å². The summed E-state index contributed by atoms with van der Waals surface area (Å²) in [5.41, 5.74) is 2.65. The quantitative estimate of drug-likeness (QED) is 0.339. The molecule has 0 spiro atoms. The molecule has 0 heterocycles. The third-order valence-corrected chi connectivity index (χ3v) is 5.34. The largest absolute Gasteiger partial charge is 0.508 e. The molecule has 0 bridgehead atoms. The van der Waals surface area contributed by atoms with E-state index >= 15 is 0 Å². The topological polar surface area (TPSA) is 61.8 Å². The molecule has 1 aliphatic rings. The fraction of sp³-hybridized carbons (Fsp3) is 0.391. The number of ketones is 1. The fourth-order valence-corrected chi connectivity index (χ4v) is 3.77. The van der Waals surface area contributed by atoms with Crippen molar-refractivity contribution in [1.82, 2.24) is 0 Å². The van der Waals surface area contributed by atoms with E-state index in [2.05, 4.69) is 0 Å². The normalized spacial score (nSPS) is 16.9. The molecule has 0 radical (unpaired) electrons. The predicted molar refractivity (Wildman–Crippen MR) is 120 cm³/mol. The number of benzene rings is 2. The van der Waals surface area contributed by atoms with E-state index in [-0.39, 0.29) is 11.7 Å². The Morgan fingerprint density at radius 2 is 1.87 bits per heavy atom. The maximum atomic E-state index is 13.0. The van der Waals surface area contributed by atoms with Gasteiger partial charge in [0, 0.05) is 17.0 Å². The zero-order valence-corrected chi connectivity index (χ0v) is 19.3. The average molecular weight is 486 g/mol. The number of ether oxygens (including phenoxy) is 3. The second-order valence-electron chi connectivity index (χ2n) is 7.47. The van der Waals surface area contributed by atoms with Crippen molar-refractivity contribution in [2.45, 2.75) is 42.7 Å². The zero-order valence-electron chi connectivity index (χ0n) is 17.0. The Kier molecular flexibility index (Phi) is 8.09. The molecule has 8 heteroatoms. The molecule has 31 heavy (non-hydrogen) atoms. The molecule has 2 aromatic carbocycles. The van der Waals surface area contributed by atoms with Crippen LogP contribution in [0.15, 0.2) is 48.5 Å². The maximum absolute atomic E-state index is 13.0. The molecular weight excluding hydrogens is 463 g/mol. The van der Waals surface area contributed by atoms with Gasteiger partial charge in [0.25, 0.3) is 0 Å². The molecule has 2 aromatic rings. The van der Waals surface area contributed by atoms with Crippen LogP contribution in [0.4, 0.5) is 4.79 Å². The molecule has 0 N–H and O–H groups in total. The van der Waals surface area contributed by atoms with Crippen LogP contribution in [0, 0.1) is 5.92 Å². The standard InChI is InChI=1S/C23H23Cl3O5/c1-15(31-22(28)30-14-23(24,25)26)12-17-10-11-18-19(21(17)27)8-5-9-20(18)29-13-16-6-3-2-4-7-16/h2-9,15,17H,10-14H2,1H3/t15-,17?/m1/s1. The minimum absolute atomic E-state index is 0.0246. The van der Waals surface area contributed by atoms with E-state index in [9.17, 15) is 9.59 Å². The van der Waals surface area contributed by atoms with Gasteiger partial charge in [-0.1, -0.05) is 77.3 Å². The second kappa shape index (κ2) is 10.6. The van der Waals surface area contributed by atoms with E-state index in [1.807, 2.05) is 48.5 Å². The van der Waals surface area contributed by atoms with Crippen molar-refractivity contribution in [2.24, 2.45) is 5.92 Å². The van der Waals surface area contributed by atoms with Crippen LogP contribution >= 0.6 is 34.8 Å². The summed E-state index contributed by atoms with van der Waals surface area (Å²) in [6.07, 6.45) is 0.293. The molecule has 1 unspecified atom stereocenters. The van der Waals surface area contributed by atoms with E-state index < -0.39 is 22.7 Å². The second-order valence-corrected chi connectivity index (χ2v) is 9.99. The van der Waals surface area contributed by atoms with Crippen LogP contribution in [-0.2, 0) is 22.5 Å². The number of fused-ring (bicyclic) bond motifs is 1. The molecule has 0 fully saturated rings. The average Bonchev–Trinajstić information content (AvgIpc) is 2.73. The van der Waals surface area contributed by atoms with Crippen LogP contribution in [-0.4, -0.2) is 28.4 Å². The van der Waals surface area contributed by atoms with Gasteiger partial charge in [0.05, 0.1) is 0 Å². The Morgan fingerprint density at radius 1 is 1.13 bits per heavy atom. The lowest BCUT2D eigenvalue weighted by Crippen LogP contribution is -2.28. The number of alkyl halides is 3. The summed E-state index contributed by atoms with van der Waals surface area (Å²) < 4.78 is 14.2. The molecule has 0 saturated heterocycles. The summed E-state index contributed by atoms with van der Waals surface area (Å²) >= 11 is 16.6. The minimum Gasteiger partial charge on any atom is -0.489 e. The maximum Gasteiger partial charge on any atom is 0.508 e. The zero-order chi connectivity index (χ0) is 22.4. The number of halogens is 3. The lowest BCUT2D eigenvalue weighted by atomic mass is 9.80. The summed E-state index contributed by atoms with van der Waals surface area (Å²) in [5.74, 6) is 0.497. The van der Waals surface area contributed by atoms with Gasteiger partial charge in [-0.15, -0.1) is 0 Å². The van der Waals surface area contributed by atoms with Crippen LogP contribution in [0.2, 0.25) is 0 Å². The van der Waals surface area contributed by atoms with Crippen LogP contribution in [0.25, 0.3) is 0 Å². The highest BCUT2D eigenvalue weighted by Crippen LogP contribution is 2.34. The van der Waals surface area contributed by atoms with Crippen molar-refractivity contribution in [3.8, 4) is 5.75 Å². The van der Waals surface area contributed by atoms with E-state index in [0.717, 1.165) is 16.9 Å². The first-order chi connectivity index (χ1) is 14.7. The molecule has 3 rings (SSSR count). The Labute approximate surface area is 196 Å².